The standard InChI is InChI=1S/C25H26FN3O4.ClH/c1-31-23(25(30)29-16-17-7-9-18(10-8-17)24(27)28)21-12-11-20(15-22(21)26)33-14-13-32-19-5-3-2-4-6-19;/h2-12,15,23H,13-14,16H2,1H3,(H3,27,28)(H,29,30);1H. The van der Waals surface area contributed by atoms with Crippen LogP contribution in [0.2, 0.25) is 0 Å². The molecule has 1 amide bonds. The summed E-state index contributed by atoms with van der Waals surface area (Å²) in [6.45, 7) is 0.773. The molecule has 34 heavy (non-hydrogen) atoms. The van der Waals surface area contributed by atoms with Gasteiger partial charge in [-0.2, -0.15) is 0 Å². The highest BCUT2D eigenvalue weighted by molar-refractivity contribution is 5.94. The number of para-hydroxylation sites is 1. The third-order valence-corrected chi connectivity index (χ3v) is 4.82. The first kappa shape index (κ1) is 26.6. The van der Waals surface area contributed by atoms with Crippen molar-refractivity contribution in [1.82, 2.24) is 5.32 Å². The Morgan fingerprint density at radius 3 is 2.24 bits per heavy atom. The molecule has 0 radical (unpaired) electrons. The van der Waals surface area contributed by atoms with Crippen molar-refractivity contribution in [3.63, 3.8) is 0 Å². The third-order valence-electron chi connectivity index (χ3n) is 4.82. The van der Waals surface area contributed by atoms with Crippen LogP contribution < -0.4 is 20.5 Å². The van der Waals surface area contributed by atoms with Crippen LogP contribution in [0.15, 0.2) is 72.8 Å². The summed E-state index contributed by atoms with van der Waals surface area (Å²) in [4.78, 5) is 12.6. The lowest BCUT2D eigenvalue weighted by Crippen LogP contribution is -2.30. The van der Waals surface area contributed by atoms with E-state index in [-0.39, 0.29) is 37.0 Å². The van der Waals surface area contributed by atoms with Gasteiger partial charge < -0.3 is 25.3 Å². The van der Waals surface area contributed by atoms with Gasteiger partial charge in [0.25, 0.3) is 5.91 Å². The number of nitrogens with two attached hydrogens (primary N) is 1. The van der Waals surface area contributed by atoms with Gasteiger partial charge in [0.15, 0.2) is 6.10 Å². The Kier molecular flexibility index (Phi) is 10.3. The Balaban J connectivity index is 0.00000408. The van der Waals surface area contributed by atoms with Crippen LogP contribution in [0.25, 0.3) is 0 Å². The summed E-state index contributed by atoms with van der Waals surface area (Å²) in [5.41, 5.74) is 6.95. The van der Waals surface area contributed by atoms with Crippen molar-refractivity contribution in [2.24, 2.45) is 5.73 Å². The van der Waals surface area contributed by atoms with E-state index in [2.05, 4.69) is 5.32 Å². The minimum atomic E-state index is -1.11. The van der Waals surface area contributed by atoms with Gasteiger partial charge in [0.2, 0.25) is 0 Å². The molecule has 0 fully saturated rings. The quantitative estimate of drug-likeness (QED) is 0.215. The molecular weight excluding hydrogens is 461 g/mol. The van der Waals surface area contributed by atoms with E-state index in [1.807, 2.05) is 30.3 Å². The number of hydrogen-bond acceptors (Lipinski definition) is 5. The van der Waals surface area contributed by atoms with Crippen LogP contribution in [0, 0.1) is 11.2 Å². The fourth-order valence-corrected chi connectivity index (χ4v) is 3.11. The topological polar surface area (TPSA) is 107 Å². The van der Waals surface area contributed by atoms with E-state index in [1.54, 1.807) is 30.3 Å². The minimum absolute atomic E-state index is 0. The highest BCUT2D eigenvalue weighted by Crippen LogP contribution is 2.24. The van der Waals surface area contributed by atoms with E-state index in [9.17, 15) is 9.18 Å². The Morgan fingerprint density at radius 2 is 1.65 bits per heavy atom. The number of methoxy groups -OCH3 is 1. The highest BCUT2D eigenvalue weighted by atomic mass is 35.5. The monoisotopic (exact) mass is 487 g/mol. The van der Waals surface area contributed by atoms with E-state index >= 15 is 0 Å². The lowest BCUT2D eigenvalue weighted by atomic mass is 10.1. The van der Waals surface area contributed by atoms with Crippen LogP contribution in [0.4, 0.5) is 4.39 Å². The van der Waals surface area contributed by atoms with E-state index in [0.29, 0.717) is 17.9 Å². The summed E-state index contributed by atoms with van der Waals surface area (Å²) in [7, 11) is 1.34. The van der Waals surface area contributed by atoms with Crippen LogP contribution in [-0.2, 0) is 16.1 Å². The van der Waals surface area contributed by atoms with Crippen LogP contribution >= 0.6 is 12.4 Å². The number of carbonyl (C=O) groups excluding carboxylic acids is 1. The summed E-state index contributed by atoms with van der Waals surface area (Å²) in [5.74, 6) is -0.0574. The number of ether oxygens (including phenoxy) is 3. The number of amidine groups is 1. The Labute approximate surface area is 203 Å². The lowest BCUT2D eigenvalue weighted by molar-refractivity contribution is -0.131. The Morgan fingerprint density at radius 1 is 1.00 bits per heavy atom. The molecule has 4 N–H and O–H groups in total. The average molecular weight is 488 g/mol. The molecule has 0 saturated carbocycles. The summed E-state index contributed by atoms with van der Waals surface area (Å²) in [5, 5.41) is 10.1. The lowest BCUT2D eigenvalue weighted by Gasteiger charge is -2.17. The van der Waals surface area contributed by atoms with Crippen molar-refractivity contribution < 1.29 is 23.4 Å². The molecule has 3 aromatic rings. The second-order valence-corrected chi connectivity index (χ2v) is 7.14. The molecular formula is C25H27ClFN3O4. The maximum absolute atomic E-state index is 14.7. The molecule has 180 valence electrons. The largest absolute Gasteiger partial charge is 0.490 e. The van der Waals surface area contributed by atoms with Gasteiger partial charge in [-0.1, -0.05) is 42.5 Å². The number of carbonyl (C=O) groups is 1. The second kappa shape index (κ2) is 13.2. The van der Waals surface area contributed by atoms with Crippen molar-refractivity contribution >= 4 is 24.1 Å². The van der Waals surface area contributed by atoms with Gasteiger partial charge >= 0.3 is 0 Å². The van der Waals surface area contributed by atoms with Crippen molar-refractivity contribution in [3.8, 4) is 11.5 Å². The van der Waals surface area contributed by atoms with Gasteiger partial charge in [0.05, 0.1) is 0 Å². The first-order chi connectivity index (χ1) is 16.0. The molecule has 0 saturated heterocycles. The predicted molar refractivity (Wildman–Crippen MR) is 130 cm³/mol. The molecule has 3 aromatic carbocycles. The number of nitrogens with one attached hydrogen (secondary N) is 2. The Bertz CT molecular complexity index is 1080. The molecule has 0 aliphatic carbocycles. The SMILES string of the molecule is COC(C(=O)NCc1ccc(C(=N)N)cc1)c1ccc(OCCOc2ccccc2)cc1F.Cl. The summed E-state index contributed by atoms with van der Waals surface area (Å²) in [6, 6.07) is 20.5. The molecule has 1 atom stereocenters. The smallest absolute Gasteiger partial charge is 0.254 e. The van der Waals surface area contributed by atoms with Gasteiger partial charge in [-0.25, -0.2) is 4.39 Å². The van der Waals surface area contributed by atoms with E-state index in [1.165, 1.54) is 19.2 Å². The highest BCUT2D eigenvalue weighted by Gasteiger charge is 2.23. The van der Waals surface area contributed by atoms with Gasteiger partial charge in [0, 0.05) is 30.8 Å². The number of hydrogen-bond donors (Lipinski definition) is 3. The number of amides is 1. The molecule has 7 nitrogen and oxygen atoms in total. The predicted octanol–water partition coefficient (Wildman–Crippen LogP) is 3.99. The van der Waals surface area contributed by atoms with E-state index in [4.69, 9.17) is 25.4 Å². The first-order valence-electron chi connectivity index (χ1n) is 10.3. The maximum Gasteiger partial charge on any atom is 0.254 e. The van der Waals surface area contributed by atoms with Crippen molar-refractivity contribution in [2.75, 3.05) is 20.3 Å². The van der Waals surface area contributed by atoms with Crippen molar-refractivity contribution in [1.29, 1.82) is 5.41 Å². The summed E-state index contributed by atoms with van der Waals surface area (Å²) in [6.07, 6.45) is -1.11. The number of halogens is 2. The number of benzene rings is 3. The normalized spacial score (nSPS) is 11.1. The zero-order chi connectivity index (χ0) is 23.6. The van der Waals surface area contributed by atoms with E-state index < -0.39 is 17.8 Å². The van der Waals surface area contributed by atoms with Crippen LogP contribution in [0.3, 0.4) is 0 Å². The number of nitrogen functional groups attached to an aromatic ring is 1. The zero-order valence-electron chi connectivity index (χ0n) is 18.6. The van der Waals surface area contributed by atoms with Gasteiger partial charge in [-0.15, -0.1) is 12.4 Å². The molecule has 0 spiro atoms. The molecule has 3 rings (SSSR count). The molecule has 1 unspecified atom stereocenters. The zero-order valence-corrected chi connectivity index (χ0v) is 19.4. The van der Waals surface area contributed by atoms with E-state index in [0.717, 1.165) is 11.3 Å². The van der Waals surface area contributed by atoms with Crippen molar-refractivity contribution in [2.45, 2.75) is 12.6 Å². The fourth-order valence-electron chi connectivity index (χ4n) is 3.11. The molecule has 0 aliphatic rings. The minimum Gasteiger partial charge on any atom is -0.490 e. The van der Waals surface area contributed by atoms with Crippen LogP contribution in [-0.4, -0.2) is 32.1 Å². The molecule has 0 aromatic heterocycles. The molecule has 0 aliphatic heterocycles. The first-order valence-corrected chi connectivity index (χ1v) is 10.3. The molecule has 0 heterocycles. The molecule has 9 heteroatoms. The van der Waals surface area contributed by atoms with Crippen molar-refractivity contribution in [3.05, 3.63) is 95.3 Å². The van der Waals surface area contributed by atoms with Crippen LogP contribution in [0.1, 0.15) is 22.8 Å². The fraction of sp³-hybridized carbons (Fsp3) is 0.200. The van der Waals surface area contributed by atoms with Gasteiger partial charge in [-0.05, 0) is 29.8 Å². The number of rotatable bonds is 11. The second-order valence-electron chi connectivity index (χ2n) is 7.14. The maximum atomic E-state index is 14.7. The summed E-state index contributed by atoms with van der Waals surface area (Å²) >= 11 is 0. The van der Waals surface area contributed by atoms with Gasteiger partial charge in [0.1, 0.15) is 36.4 Å². The third kappa shape index (κ3) is 7.47. The van der Waals surface area contributed by atoms with Crippen LogP contribution in [0.5, 0.6) is 11.5 Å². The average Bonchev–Trinajstić information content (AvgIpc) is 2.83. The Hall–Kier alpha value is -3.62. The van der Waals surface area contributed by atoms with Gasteiger partial charge in [-0.3, -0.25) is 10.2 Å². The summed E-state index contributed by atoms with van der Waals surface area (Å²) < 4.78 is 31.0. The molecule has 0 bridgehead atoms.